The number of nitrogens with two attached hydrogens (primary N) is 1. The summed E-state index contributed by atoms with van der Waals surface area (Å²) in [5.41, 5.74) is 6.53. The predicted molar refractivity (Wildman–Crippen MR) is 85.5 cm³/mol. The maximum Gasteiger partial charge on any atom is 0.267 e. The van der Waals surface area contributed by atoms with Crippen molar-refractivity contribution in [3.05, 3.63) is 10.6 Å². The molecule has 2 unspecified atom stereocenters. The summed E-state index contributed by atoms with van der Waals surface area (Å²) in [5.74, 6) is 0.740. The van der Waals surface area contributed by atoms with Crippen LogP contribution in [-0.2, 0) is 5.41 Å². The molecule has 0 aromatic carbocycles. The summed E-state index contributed by atoms with van der Waals surface area (Å²) in [5, 5.41) is 4.18. The van der Waals surface area contributed by atoms with Crippen LogP contribution in [-0.4, -0.2) is 39.5 Å². The van der Waals surface area contributed by atoms with E-state index in [1.807, 2.05) is 4.90 Å². The normalized spacial score (nSPS) is 23.4. The van der Waals surface area contributed by atoms with Gasteiger partial charge < -0.3 is 10.6 Å². The maximum atomic E-state index is 12.9. The topological polar surface area (TPSA) is 72.1 Å². The Morgan fingerprint density at radius 2 is 2.19 bits per heavy atom. The third-order valence-corrected chi connectivity index (χ3v) is 5.04. The van der Waals surface area contributed by atoms with Gasteiger partial charge in [0.1, 0.15) is 4.88 Å². The summed E-state index contributed by atoms with van der Waals surface area (Å²) < 4.78 is 4.00. The van der Waals surface area contributed by atoms with Crippen LogP contribution in [0.3, 0.4) is 0 Å². The van der Waals surface area contributed by atoms with Crippen molar-refractivity contribution in [2.75, 3.05) is 13.1 Å². The molecule has 1 fully saturated rings. The van der Waals surface area contributed by atoms with Gasteiger partial charge in [0.15, 0.2) is 0 Å². The van der Waals surface area contributed by atoms with Gasteiger partial charge in [0.2, 0.25) is 0 Å². The molecule has 1 aliphatic rings. The third kappa shape index (κ3) is 3.43. The first-order valence-electron chi connectivity index (χ1n) is 7.72. The molecule has 1 aliphatic heterocycles. The van der Waals surface area contributed by atoms with Gasteiger partial charge in [0.05, 0.1) is 5.69 Å². The SMILES string of the molecule is CCC1CCN(C(=O)c2snnc2C(C)(C)C)C(CN)C1. The van der Waals surface area contributed by atoms with Crippen LogP contribution >= 0.6 is 11.5 Å². The summed E-state index contributed by atoms with van der Waals surface area (Å²) in [7, 11) is 0. The number of aromatic nitrogens is 2. The number of hydrogen-bond donors (Lipinski definition) is 1. The van der Waals surface area contributed by atoms with Crippen LogP contribution in [0.4, 0.5) is 0 Å². The minimum absolute atomic E-state index is 0.0555. The summed E-state index contributed by atoms with van der Waals surface area (Å²) in [6, 6.07) is 0.145. The van der Waals surface area contributed by atoms with Gasteiger partial charge in [-0.1, -0.05) is 38.6 Å². The molecule has 2 rings (SSSR count). The number of likely N-dealkylation sites (tertiary alicyclic amines) is 1. The van der Waals surface area contributed by atoms with Gasteiger partial charge in [-0.3, -0.25) is 4.79 Å². The largest absolute Gasteiger partial charge is 0.334 e. The van der Waals surface area contributed by atoms with E-state index in [2.05, 4.69) is 37.3 Å². The lowest BCUT2D eigenvalue weighted by Crippen LogP contribution is -2.49. The van der Waals surface area contributed by atoms with Crippen molar-refractivity contribution in [2.45, 2.75) is 58.4 Å². The molecule has 6 heteroatoms. The molecule has 0 bridgehead atoms. The molecule has 0 spiro atoms. The molecular weight excluding hydrogens is 284 g/mol. The van der Waals surface area contributed by atoms with Gasteiger partial charge in [-0.25, -0.2) is 0 Å². The standard InChI is InChI=1S/C15H26N4OS/c1-5-10-6-7-19(11(8-10)9-16)14(20)12-13(15(2,3)4)17-18-21-12/h10-11H,5-9,16H2,1-4H3. The van der Waals surface area contributed by atoms with E-state index >= 15 is 0 Å². The number of nitrogens with zero attached hydrogens (tertiary/aromatic N) is 3. The van der Waals surface area contributed by atoms with Gasteiger partial charge >= 0.3 is 0 Å². The monoisotopic (exact) mass is 310 g/mol. The summed E-state index contributed by atoms with van der Waals surface area (Å²) in [4.78, 5) is 15.5. The van der Waals surface area contributed by atoms with Crippen LogP contribution < -0.4 is 5.73 Å². The molecule has 2 heterocycles. The smallest absolute Gasteiger partial charge is 0.267 e. The van der Waals surface area contributed by atoms with E-state index in [0.29, 0.717) is 17.3 Å². The molecule has 2 N–H and O–H groups in total. The van der Waals surface area contributed by atoms with Crippen molar-refractivity contribution in [3.63, 3.8) is 0 Å². The fourth-order valence-electron chi connectivity index (χ4n) is 2.95. The number of carbonyl (C=O) groups excluding carboxylic acids is 1. The number of carbonyl (C=O) groups is 1. The number of amides is 1. The third-order valence-electron chi connectivity index (χ3n) is 4.33. The van der Waals surface area contributed by atoms with Gasteiger partial charge in [0.25, 0.3) is 5.91 Å². The minimum atomic E-state index is -0.169. The quantitative estimate of drug-likeness (QED) is 0.930. The van der Waals surface area contributed by atoms with E-state index in [9.17, 15) is 4.79 Å². The van der Waals surface area contributed by atoms with Crippen molar-refractivity contribution in [1.82, 2.24) is 14.5 Å². The van der Waals surface area contributed by atoms with Crippen molar-refractivity contribution in [3.8, 4) is 0 Å². The lowest BCUT2D eigenvalue weighted by Gasteiger charge is -2.38. The Morgan fingerprint density at radius 3 is 2.76 bits per heavy atom. The average Bonchev–Trinajstić information content (AvgIpc) is 2.95. The Balaban J connectivity index is 2.22. The van der Waals surface area contributed by atoms with Gasteiger partial charge in [-0.15, -0.1) is 5.10 Å². The average molecular weight is 310 g/mol. The Hall–Kier alpha value is -1.01. The second-order valence-electron chi connectivity index (χ2n) is 6.89. The first kappa shape index (κ1) is 16.4. The molecule has 1 aromatic rings. The molecule has 118 valence electrons. The van der Waals surface area contributed by atoms with Crippen molar-refractivity contribution in [2.24, 2.45) is 11.7 Å². The Kier molecular flexibility index (Phi) is 4.99. The molecule has 21 heavy (non-hydrogen) atoms. The zero-order valence-corrected chi connectivity index (χ0v) is 14.2. The molecule has 0 aliphatic carbocycles. The highest BCUT2D eigenvalue weighted by Crippen LogP contribution is 2.30. The summed E-state index contributed by atoms with van der Waals surface area (Å²) in [6.07, 6.45) is 3.24. The summed E-state index contributed by atoms with van der Waals surface area (Å²) in [6.45, 7) is 9.71. The van der Waals surface area contributed by atoms with Crippen molar-refractivity contribution >= 4 is 17.4 Å². The molecule has 0 saturated carbocycles. The highest BCUT2D eigenvalue weighted by atomic mass is 32.1. The van der Waals surface area contributed by atoms with Crippen LogP contribution in [0.2, 0.25) is 0 Å². The molecule has 2 atom stereocenters. The highest BCUT2D eigenvalue weighted by Gasteiger charge is 2.34. The van der Waals surface area contributed by atoms with Crippen LogP contribution in [0, 0.1) is 5.92 Å². The molecule has 1 saturated heterocycles. The first-order chi connectivity index (χ1) is 9.88. The Labute approximate surface area is 131 Å². The Bertz CT molecular complexity index is 494. The summed E-state index contributed by atoms with van der Waals surface area (Å²) >= 11 is 1.20. The number of rotatable bonds is 3. The van der Waals surface area contributed by atoms with E-state index < -0.39 is 0 Å². The van der Waals surface area contributed by atoms with Crippen LogP contribution in [0.5, 0.6) is 0 Å². The van der Waals surface area contributed by atoms with Crippen molar-refractivity contribution in [1.29, 1.82) is 0 Å². The zero-order valence-electron chi connectivity index (χ0n) is 13.4. The predicted octanol–water partition coefficient (Wildman–Crippen LogP) is 2.43. The molecule has 5 nitrogen and oxygen atoms in total. The number of piperidine rings is 1. The first-order valence-corrected chi connectivity index (χ1v) is 8.49. The van der Waals surface area contributed by atoms with E-state index in [4.69, 9.17) is 5.73 Å². The lowest BCUT2D eigenvalue weighted by molar-refractivity contribution is 0.0561. The highest BCUT2D eigenvalue weighted by molar-refractivity contribution is 7.08. The lowest BCUT2D eigenvalue weighted by atomic mass is 9.88. The molecular formula is C15H26N4OS. The Morgan fingerprint density at radius 1 is 1.48 bits per heavy atom. The molecule has 1 amide bonds. The van der Waals surface area contributed by atoms with Gasteiger partial charge in [0, 0.05) is 24.5 Å². The van der Waals surface area contributed by atoms with E-state index in [-0.39, 0.29) is 17.4 Å². The maximum absolute atomic E-state index is 12.9. The van der Waals surface area contributed by atoms with Crippen LogP contribution in [0.25, 0.3) is 0 Å². The number of hydrogen-bond acceptors (Lipinski definition) is 5. The van der Waals surface area contributed by atoms with E-state index in [0.717, 1.165) is 31.5 Å². The fraction of sp³-hybridized carbons (Fsp3) is 0.800. The van der Waals surface area contributed by atoms with E-state index in [1.54, 1.807) is 0 Å². The van der Waals surface area contributed by atoms with Gasteiger partial charge in [-0.05, 0) is 30.3 Å². The molecule has 0 radical (unpaired) electrons. The fourth-order valence-corrected chi connectivity index (χ4v) is 3.78. The second kappa shape index (κ2) is 6.40. The van der Waals surface area contributed by atoms with E-state index in [1.165, 1.54) is 11.5 Å². The minimum Gasteiger partial charge on any atom is -0.334 e. The van der Waals surface area contributed by atoms with Crippen molar-refractivity contribution < 1.29 is 4.79 Å². The van der Waals surface area contributed by atoms with Gasteiger partial charge in [-0.2, -0.15) is 0 Å². The zero-order chi connectivity index (χ0) is 15.6. The van der Waals surface area contributed by atoms with Crippen LogP contribution in [0.15, 0.2) is 0 Å². The van der Waals surface area contributed by atoms with Crippen LogP contribution in [0.1, 0.15) is 62.3 Å². The second-order valence-corrected chi connectivity index (χ2v) is 7.64. The molecule has 1 aromatic heterocycles.